The second kappa shape index (κ2) is 5.85. The van der Waals surface area contributed by atoms with Crippen LogP contribution in [0.25, 0.3) is 15.8 Å². The summed E-state index contributed by atoms with van der Waals surface area (Å²) >= 11 is 1.64. The van der Waals surface area contributed by atoms with Gasteiger partial charge in [0.1, 0.15) is 11.1 Å². The highest BCUT2D eigenvalue weighted by molar-refractivity contribution is 7.19. The van der Waals surface area contributed by atoms with Crippen molar-refractivity contribution in [2.24, 2.45) is 11.3 Å². The van der Waals surface area contributed by atoms with E-state index in [4.69, 9.17) is 0 Å². The Hall–Kier alpha value is -1.66. The van der Waals surface area contributed by atoms with Crippen molar-refractivity contribution >= 4 is 27.1 Å². The maximum atomic E-state index is 9.64. The van der Waals surface area contributed by atoms with Crippen molar-refractivity contribution in [2.45, 2.75) is 46.5 Å². The molecule has 2 aromatic rings. The Morgan fingerprint density at radius 1 is 1.23 bits per heavy atom. The fourth-order valence-electron chi connectivity index (χ4n) is 3.34. The molecule has 2 nitrogen and oxygen atoms in total. The van der Waals surface area contributed by atoms with Gasteiger partial charge in [-0.2, -0.15) is 5.26 Å². The van der Waals surface area contributed by atoms with Crippen molar-refractivity contribution in [3.63, 3.8) is 0 Å². The van der Waals surface area contributed by atoms with Crippen LogP contribution in [0.4, 0.5) is 0 Å². The quantitative estimate of drug-likeness (QED) is 0.623. The molecule has 1 heterocycles. The summed E-state index contributed by atoms with van der Waals surface area (Å²) in [4.78, 5) is 4.67. The molecule has 1 fully saturated rings. The summed E-state index contributed by atoms with van der Waals surface area (Å²) in [6, 6.07) is 10.6. The minimum atomic E-state index is 0.369. The molecule has 0 unspecified atom stereocenters. The van der Waals surface area contributed by atoms with Gasteiger partial charge in [-0.15, -0.1) is 11.3 Å². The molecule has 0 radical (unpaired) electrons. The fourth-order valence-corrected chi connectivity index (χ4v) is 4.35. The zero-order valence-corrected chi connectivity index (χ0v) is 14.3. The summed E-state index contributed by atoms with van der Waals surface area (Å²) in [5, 5.41) is 10.5. The molecule has 1 saturated carbocycles. The first-order chi connectivity index (χ1) is 10.5. The van der Waals surface area contributed by atoms with Crippen molar-refractivity contribution in [3.8, 4) is 6.07 Å². The van der Waals surface area contributed by atoms with E-state index < -0.39 is 0 Å². The zero-order valence-electron chi connectivity index (χ0n) is 13.5. The average molecular weight is 310 g/mol. The van der Waals surface area contributed by atoms with Gasteiger partial charge in [-0.05, 0) is 54.7 Å². The number of fused-ring (bicyclic) bond motifs is 1. The molecule has 1 aliphatic carbocycles. The smallest absolute Gasteiger partial charge is 0.135 e. The highest BCUT2D eigenvalue weighted by Crippen LogP contribution is 2.42. The molecule has 3 rings (SSSR count). The van der Waals surface area contributed by atoms with Gasteiger partial charge >= 0.3 is 0 Å². The van der Waals surface area contributed by atoms with Crippen molar-refractivity contribution in [1.82, 2.24) is 4.98 Å². The zero-order chi connectivity index (χ0) is 15.7. The number of allylic oxidation sites excluding steroid dienone is 2. The van der Waals surface area contributed by atoms with Crippen molar-refractivity contribution in [3.05, 3.63) is 34.8 Å². The summed E-state index contributed by atoms with van der Waals surface area (Å²) in [5.41, 5.74) is 3.50. The molecular formula is C19H22N2S. The summed E-state index contributed by atoms with van der Waals surface area (Å²) in [6.45, 7) is 6.97. The van der Waals surface area contributed by atoms with Crippen LogP contribution >= 0.6 is 11.3 Å². The lowest BCUT2D eigenvalue weighted by Gasteiger charge is -2.35. The molecule has 0 amide bonds. The molecule has 0 atom stereocenters. The van der Waals surface area contributed by atoms with Crippen LogP contribution in [0.15, 0.2) is 29.8 Å². The Bertz CT molecular complexity index is 713. The first kappa shape index (κ1) is 15.2. The second-order valence-corrected chi connectivity index (χ2v) is 8.25. The monoisotopic (exact) mass is 310 g/mol. The van der Waals surface area contributed by atoms with E-state index >= 15 is 0 Å². The molecule has 1 aromatic carbocycles. The number of para-hydroxylation sites is 1. The largest absolute Gasteiger partial charge is 0.235 e. The summed E-state index contributed by atoms with van der Waals surface area (Å²) in [5.74, 6) is 0.756. The molecule has 0 saturated heterocycles. The number of hydrogen-bond donors (Lipinski definition) is 0. The van der Waals surface area contributed by atoms with Gasteiger partial charge in [0.15, 0.2) is 0 Å². The number of nitriles is 1. The van der Waals surface area contributed by atoms with Crippen molar-refractivity contribution < 1.29 is 0 Å². The lowest BCUT2D eigenvalue weighted by Crippen LogP contribution is -2.23. The fraction of sp³-hybridized carbons (Fsp3) is 0.474. The molecular weight excluding hydrogens is 288 g/mol. The Morgan fingerprint density at radius 3 is 2.50 bits per heavy atom. The number of rotatable bonds is 1. The molecule has 22 heavy (non-hydrogen) atoms. The third-order valence-electron chi connectivity index (χ3n) is 4.79. The van der Waals surface area contributed by atoms with E-state index in [1.165, 1.54) is 18.4 Å². The maximum absolute atomic E-state index is 9.64. The summed E-state index contributed by atoms with van der Waals surface area (Å²) < 4.78 is 1.16. The number of benzene rings is 1. The van der Waals surface area contributed by atoms with E-state index in [0.29, 0.717) is 5.41 Å². The normalized spacial score (nSPS) is 19.2. The number of thiazole rings is 1. The van der Waals surface area contributed by atoms with Crippen LogP contribution in [-0.2, 0) is 0 Å². The standard InChI is InChI=1S/C19H22N2S/c1-19(2,3)14-10-8-13(9-11-14)15(12-20)18-21-16-6-4-5-7-17(16)22-18/h4-7,14H,8-11H2,1-3H3. The highest BCUT2D eigenvalue weighted by Gasteiger charge is 2.29. The highest BCUT2D eigenvalue weighted by atomic mass is 32.1. The average Bonchev–Trinajstić information content (AvgIpc) is 2.91. The van der Waals surface area contributed by atoms with Gasteiger partial charge < -0.3 is 0 Å². The Morgan fingerprint density at radius 2 is 1.91 bits per heavy atom. The van der Waals surface area contributed by atoms with Gasteiger partial charge in [-0.3, -0.25) is 0 Å². The van der Waals surface area contributed by atoms with Crippen LogP contribution in [0.2, 0.25) is 0 Å². The van der Waals surface area contributed by atoms with Gasteiger partial charge in [0.2, 0.25) is 0 Å². The third kappa shape index (κ3) is 2.94. The van der Waals surface area contributed by atoms with Crippen molar-refractivity contribution in [1.29, 1.82) is 5.26 Å². The number of nitrogens with zero attached hydrogens (tertiary/aromatic N) is 2. The van der Waals surface area contributed by atoms with Crippen LogP contribution in [0.3, 0.4) is 0 Å². The number of hydrogen-bond acceptors (Lipinski definition) is 3. The predicted molar refractivity (Wildman–Crippen MR) is 93.6 cm³/mol. The van der Waals surface area contributed by atoms with E-state index in [1.807, 2.05) is 18.2 Å². The van der Waals surface area contributed by atoms with Gasteiger partial charge in [-0.1, -0.05) is 32.9 Å². The molecule has 1 aromatic heterocycles. The molecule has 0 spiro atoms. The van der Waals surface area contributed by atoms with Gasteiger partial charge in [0.05, 0.1) is 15.8 Å². The van der Waals surface area contributed by atoms with E-state index in [0.717, 1.165) is 39.6 Å². The van der Waals surface area contributed by atoms with Gasteiger partial charge in [0, 0.05) is 0 Å². The van der Waals surface area contributed by atoms with Crippen molar-refractivity contribution in [2.75, 3.05) is 0 Å². The van der Waals surface area contributed by atoms with Gasteiger partial charge in [-0.25, -0.2) is 4.98 Å². The van der Waals surface area contributed by atoms with Crippen LogP contribution in [-0.4, -0.2) is 4.98 Å². The SMILES string of the molecule is CC(C)(C)C1CCC(=C(C#N)c2nc3ccccc3s2)CC1. The molecule has 114 valence electrons. The van der Waals surface area contributed by atoms with E-state index in [-0.39, 0.29) is 0 Å². The maximum Gasteiger partial charge on any atom is 0.135 e. The predicted octanol–water partition coefficient (Wildman–Crippen LogP) is 5.81. The second-order valence-electron chi connectivity index (χ2n) is 7.22. The minimum absolute atomic E-state index is 0.369. The number of aromatic nitrogens is 1. The lowest BCUT2D eigenvalue weighted by molar-refractivity contribution is 0.197. The summed E-state index contributed by atoms with van der Waals surface area (Å²) in [6.07, 6.45) is 4.46. The Labute approximate surface area is 136 Å². The van der Waals surface area contributed by atoms with Crippen LogP contribution in [0.1, 0.15) is 51.5 Å². The molecule has 0 N–H and O–H groups in total. The Kier molecular flexibility index (Phi) is 4.06. The molecule has 3 heteroatoms. The Balaban J connectivity index is 1.90. The van der Waals surface area contributed by atoms with E-state index in [1.54, 1.807) is 11.3 Å². The van der Waals surface area contributed by atoms with Crippen LogP contribution in [0.5, 0.6) is 0 Å². The van der Waals surface area contributed by atoms with E-state index in [9.17, 15) is 5.26 Å². The molecule has 0 bridgehead atoms. The van der Waals surface area contributed by atoms with Crippen LogP contribution in [0, 0.1) is 22.7 Å². The summed E-state index contributed by atoms with van der Waals surface area (Å²) in [7, 11) is 0. The topological polar surface area (TPSA) is 36.7 Å². The minimum Gasteiger partial charge on any atom is -0.235 e. The molecule has 0 aliphatic heterocycles. The first-order valence-corrected chi connectivity index (χ1v) is 8.79. The van der Waals surface area contributed by atoms with E-state index in [2.05, 4.69) is 37.9 Å². The molecule has 1 aliphatic rings. The first-order valence-electron chi connectivity index (χ1n) is 7.97. The van der Waals surface area contributed by atoms with Crippen LogP contribution < -0.4 is 0 Å². The third-order valence-corrected chi connectivity index (χ3v) is 5.84. The lowest BCUT2D eigenvalue weighted by atomic mass is 9.71. The van der Waals surface area contributed by atoms with Gasteiger partial charge in [0.25, 0.3) is 0 Å².